The van der Waals surface area contributed by atoms with Crippen LogP contribution in [0, 0.1) is 17.5 Å². The Balaban J connectivity index is 2.37. The molecule has 2 rings (SSSR count). The monoisotopic (exact) mass is 242 g/mol. The molecule has 17 heavy (non-hydrogen) atoms. The standard InChI is InChI=1S/C12H9F3O2/c13-8-5-4-7(10(14)11(8)15)12(16)9-3-1-2-6-17-9/h3-5H,1-2,6H2. The molecule has 0 spiro atoms. The van der Waals surface area contributed by atoms with E-state index >= 15 is 0 Å². The van der Waals surface area contributed by atoms with Gasteiger partial charge in [-0.05, 0) is 31.1 Å². The fourth-order valence-corrected chi connectivity index (χ4v) is 1.55. The molecule has 0 fully saturated rings. The molecule has 1 aliphatic rings. The first-order valence-corrected chi connectivity index (χ1v) is 5.12. The Bertz CT molecular complexity index is 495. The maximum Gasteiger partial charge on any atom is 0.230 e. The Morgan fingerprint density at radius 1 is 1.18 bits per heavy atom. The Hall–Kier alpha value is -1.78. The van der Waals surface area contributed by atoms with Crippen molar-refractivity contribution < 1.29 is 22.7 Å². The minimum atomic E-state index is -1.65. The van der Waals surface area contributed by atoms with Gasteiger partial charge in [0.15, 0.2) is 23.2 Å². The molecule has 0 saturated heterocycles. The van der Waals surface area contributed by atoms with Crippen LogP contribution in [0.25, 0.3) is 0 Å². The molecule has 1 heterocycles. The summed E-state index contributed by atoms with van der Waals surface area (Å²) in [6.07, 6.45) is 2.94. The molecule has 0 N–H and O–H groups in total. The minimum Gasteiger partial charge on any atom is -0.490 e. The number of ketones is 1. The van der Waals surface area contributed by atoms with E-state index in [0.29, 0.717) is 13.0 Å². The highest BCUT2D eigenvalue weighted by Crippen LogP contribution is 2.20. The highest BCUT2D eigenvalue weighted by molar-refractivity contribution is 6.07. The molecule has 0 amide bonds. The molecule has 0 unspecified atom stereocenters. The van der Waals surface area contributed by atoms with E-state index in [0.717, 1.165) is 18.6 Å². The van der Waals surface area contributed by atoms with Crippen LogP contribution >= 0.6 is 0 Å². The SMILES string of the molecule is O=C(C1=CCCCO1)c1ccc(F)c(F)c1F. The van der Waals surface area contributed by atoms with Crippen LogP contribution < -0.4 is 0 Å². The van der Waals surface area contributed by atoms with Crippen LogP contribution in [0.3, 0.4) is 0 Å². The van der Waals surface area contributed by atoms with Gasteiger partial charge in [-0.1, -0.05) is 0 Å². The number of rotatable bonds is 2. The smallest absolute Gasteiger partial charge is 0.230 e. The summed E-state index contributed by atoms with van der Waals surface area (Å²) in [6, 6.07) is 1.63. The molecule has 0 atom stereocenters. The summed E-state index contributed by atoms with van der Waals surface area (Å²) in [4.78, 5) is 11.8. The zero-order chi connectivity index (χ0) is 12.4. The van der Waals surface area contributed by atoms with Crippen molar-refractivity contribution in [3.63, 3.8) is 0 Å². The fourth-order valence-electron chi connectivity index (χ4n) is 1.55. The maximum absolute atomic E-state index is 13.3. The molecule has 0 saturated carbocycles. The molecule has 1 aromatic rings. The largest absolute Gasteiger partial charge is 0.490 e. The van der Waals surface area contributed by atoms with Gasteiger partial charge < -0.3 is 4.74 Å². The molecule has 1 aromatic carbocycles. The van der Waals surface area contributed by atoms with Gasteiger partial charge in [-0.25, -0.2) is 13.2 Å². The molecule has 0 aromatic heterocycles. The maximum atomic E-state index is 13.3. The van der Waals surface area contributed by atoms with Crippen molar-refractivity contribution in [2.24, 2.45) is 0 Å². The third-order valence-electron chi connectivity index (χ3n) is 2.44. The van der Waals surface area contributed by atoms with Crippen LogP contribution in [-0.4, -0.2) is 12.4 Å². The Morgan fingerprint density at radius 2 is 1.94 bits per heavy atom. The number of hydrogen-bond donors (Lipinski definition) is 0. The van der Waals surface area contributed by atoms with Gasteiger partial charge in [-0.2, -0.15) is 0 Å². The van der Waals surface area contributed by atoms with Crippen molar-refractivity contribution in [2.75, 3.05) is 6.61 Å². The van der Waals surface area contributed by atoms with Gasteiger partial charge in [0.25, 0.3) is 0 Å². The second kappa shape index (κ2) is 4.61. The Morgan fingerprint density at radius 3 is 2.59 bits per heavy atom. The van der Waals surface area contributed by atoms with Crippen LogP contribution in [0.1, 0.15) is 23.2 Å². The summed E-state index contributed by atoms with van der Waals surface area (Å²) in [7, 11) is 0. The van der Waals surface area contributed by atoms with Gasteiger partial charge in [-0.3, -0.25) is 4.79 Å². The molecule has 5 heteroatoms. The van der Waals surface area contributed by atoms with E-state index < -0.39 is 28.8 Å². The third-order valence-corrected chi connectivity index (χ3v) is 2.44. The number of hydrogen-bond acceptors (Lipinski definition) is 2. The number of benzene rings is 1. The first-order chi connectivity index (χ1) is 8.11. The van der Waals surface area contributed by atoms with E-state index in [1.807, 2.05) is 0 Å². The number of Topliss-reactive ketones (excluding diaryl/α,β-unsaturated/α-hetero) is 1. The van der Waals surface area contributed by atoms with Crippen molar-refractivity contribution in [2.45, 2.75) is 12.8 Å². The lowest BCUT2D eigenvalue weighted by molar-refractivity contribution is 0.0894. The highest BCUT2D eigenvalue weighted by Gasteiger charge is 2.23. The van der Waals surface area contributed by atoms with Crippen LogP contribution in [-0.2, 0) is 4.74 Å². The second-order valence-electron chi connectivity index (χ2n) is 3.61. The Kier molecular flexibility index (Phi) is 3.17. The highest BCUT2D eigenvalue weighted by atomic mass is 19.2. The molecule has 2 nitrogen and oxygen atoms in total. The van der Waals surface area contributed by atoms with Crippen LogP contribution in [0.5, 0.6) is 0 Å². The average Bonchev–Trinajstić information content (AvgIpc) is 2.36. The van der Waals surface area contributed by atoms with E-state index in [4.69, 9.17) is 4.74 Å². The molecular formula is C12H9F3O2. The first-order valence-electron chi connectivity index (χ1n) is 5.12. The van der Waals surface area contributed by atoms with Crippen molar-refractivity contribution in [3.8, 4) is 0 Å². The zero-order valence-electron chi connectivity index (χ0n) is 8.80. The molecular weight excluding hydrogens is 233 g/mol. The predicted octanol–water partition coefficient (Wildman–Crippen LogP) is 2.98. The molecule has 0 bridgehead atoms. The average molecular weight is 242 g/mol. The van der Waals surface area contributed by atoms with E-state index in [9.17, 15) is 18.0 Å². The zero-order valence-corrected chi connectivity index (χ0v) is 8.80. The second-order valence-corrected chi connectivity index (χ2v) is 3.61. The first kappa shape index (κ1) is 11.7. The van der Waals surface area contributed by atoms with E-state index in [1.54, 1.807) is 0 Å². The normalized spacial score (nSPS) is 15.1. The quantitative estimate of drug-likeness (QED) is 0.588. The number of allylic oxidation sites excluding steroid dienone is 2. The van der Waals surface area contributed by atoms with Crippen LogP contribution in [0.15, 0.2) is 24.0 Å². The lowest BCUT2D eigenvalue weighted by Gasteiger charge is -2.14. The molecule has 1 aliphatic heterocycles. The third kappa shape index (κ3) is 2.18. The summed E-state index contributed by atoms with van der Waals surface area (Å²) in [6.45, 7) is 0.364. The van der Waals surface area contributed by atoms with Crippen molar-refractivity contribution in [3.05, 3.63) is 47.0 Å². The molecule has 0 aliphatic carbocycles. The van der Waals surface area contributed by atoms with Gasteiger partial charge >= 0.3 is 0 Å². The summed E-state index contributed by atoms with van der Waals surface area (Å²) in [5, 5.41) is 0. The lowest BCUT2D eigenvalue weighted by atomic mass is 10.1. The minimum absolute atomic E-state index is 0.0128. The van der Waals surface area contributed by atoms with Gasteiger partial charge in [0.05, 0.1) is 12.2 Å². The molecule has 90 valence electrons. The van der Waals surface area contributed by atoms with Gasteiger partial charge in [0, 0.05) is 0 Å². The number of halogens is 3. The summed E-state index contributed by atoms with van der Waals surface area (Å²) >= 11 is 0. The predicted molar refractivity (Wildman–Crippen MR) is 53.9 cm³/mol. The number of carbonyl (C=O) groups excluding carboxylic acids is 1. The van der Waals surface area contributed by atoms with Gasteiger partial charge in [0.2, 0.25) is 5.78 Å². The summed E-state index contributed by atoms with van der Waals surface area (Å²) < 4.78 is 44.0. The number of ether oxygens (including phenoxy) is 1. The van der Waals surface area contributed by atoms with Crippen molar-refractivity contribution >= 4 is 5.78 Å². The Labute approximate surface area is 95.7 Å². The topological polar surface area (TPSA) is 26.3 Å². The van der Waals surface area contributed by atoms with E-state index in [-0.39, 0.29) is 5.76 Å². The van der Waals surface area contributed by atoms with Gasteiger partial charge in [0.1, 0.15) is 0 Å². The van der Waals surface area contributed by atoms with Crippen LogP contribution in [0.2, 0.25) is 0 Å². The van der Waals surface area contributed by atoms with Crippen molar-refractivity contribution in [1.82, 2.24) is 0 Å². The fraction of sp³-hybridized carbons (Fsp3) is 0.250. The van der Waals surface area contributed by atoms with Gasteiger partial charge in [-0.15, -0.1) is 0 Å². The summed E-state index contributed by atoms with van der Waals surface area (Å²) in [5.41, 5.74) is -0.517. The van der Waals surface area contributed by atoms with Crippen molar-refractivity contribution in [1.29, 1.82) is 0 Å². The van der Waals surface area contributed by atoms with Crippen LogP contribution in [0.4, 0.5) is 13.2 Å². The number of carbonyl (C=O) groups is 1. The summed E-state index contributed by atoms with van der Waals surface area (Å²) in [5.74, 6) is -5.22. The molecule has 0 radical (unpaired) electrons. The van der Waals surface area contributed by atoms with E-state index in [2.05, 4.69) is 0 Å². The van der Waals surface area contributed by atoms with E-state index in [1.165, 1.54) is 6.08 Å². The lowest BCUT2D eigenvalue weighted by Crippen LogP contribution is -2.14.